The van der Waals surface area contributed by atoms with Crippen molar-refractivity contribution in [3.8, 4) is 0 Å². The Morgan fingerprint density at radius 1 is 1.50 bits per heavy atom. The molecule has 0 fully saturated rings. The van der Waals surface area contributed by atoms with Gasteiger partial charge in [-0.15, -0.1) is 11.6 Å². The first-order chi connectivity index (χ1) is 8.41. The van der Waals surface area contributed by atoms with E-state index in [4.69, 9.17) is 11.6 Å². The SMILES string of the molecule is CCC(C)(CCCl)NC(=O)c1cc(Br)ccc1C. The van der Waals surface area contributed by atoms with Gasteiger partial charge in [0, 0.05) is 21.5 Å². The molecular weight excluding hydrogens is 314 g/mol. The van der Waals surface area contributed by atoms with E-state index < -0.39 is 0 Å². The van der Waals surface area contributed by atoms with Crippen molar-refractivity contribution in [3.63, 3.8) is 0 Å². The Kier molecular flexibility index (Phi) is 5.67. The van der Waals surface area contributed by atoms with Gasteiger partial charge in [0.2, 0.25) is 0 Å². The van der Waals surface area contributed by atoms with Crippen LogP contribution in [-0.2, 0) is 0 Å². The largest absolute Gasteiger partial charge is 0.347 e. The van der Waals surface area contributed by atoms with E-state index in [0.717, 1.165) is 22.9 Å². The predicted molar refractivity (Wildman–Crippen MR) is 80.4 cm³/mol. The molecule has 1 atom stereocenters. The minimum absolute atomic E-state index is 0.0386. The highest BCUT2D eigenvalue weighted by Crippen LogP contribution is 2.19. The number of hydrogen-bond acceptors (Lipinski definition) is 1. The van der Waals surface area contributed by atoms with Crippen molar-refractivity contribution >= 4 is 33.4 Å². The Morgan fingerprint density at radius 3 is 2.72 bits per heavy atom. The first kappa shape index (κ1) is 15.5. The summed E-state index contributed by atoms with van der Waals surface area (Å²) in [6, 6.07) is 5.72. The van der Waals surface area contributed by atoms with Crippen LogP contribution < -0.4 is 5.32 Å². The topological polar surface area (TPSA) is 29.1 Å². The molecule has 0 aromatic heterocycles. The quantitative estimate of drug-likeness (QED) is 0.801. The van der Waals surface area contributed by atoms with E-state index in [2.05, 4.69) is 28.2 Å². The van der Waals surface area contributed by atoms with Gasteiger partial charge >= 0.3 is 0 Å². The Bertz CT molecular complexity index is 436. The molecule has 100 valence electrons. The third kappa shape index (κ3) is 3.99. The van der Waals surface area contributed by atoms with E-state index in [-0.39, 0.29) is 11.4 Å². The fraction of sp³-hybridized carbons (Fsp3) is 0.500. The van der Waals surface area contributed by atoms with Crippen LogP contribution in [0.3, 0.4) is 0 Å². The van der Waals surface area contributed by atoms with Crippen LogP contribution in [0.15, 0.2) is 22.7 Å². The average Bonchev–Trinajstić information content (AvgIpc) is 2.32. The van der Waals surface area contributed by atoms with Crippen molar-refractivity contribution in [1.82, 2.24) is 5.32 Å². The third-order valence-corrected chi connectivity index (χ3v) is 3.97. The summed E-state index contributed by atoms with van der Waals surface area (Å²) in [6.07, 6.45) is 1.63. The molecule has 0 saturated carbocycles. The van der Waals surface area contributed by atoms with E-state index in [1.165, 1.54) is 0 Å². The summed E-state index contributed by atoms with van der Waals surface area (Å²) in [5.74, 6) is 0.505. The van der Waals surface area contributed by atoms with Crippen LogP contribution in [0.4, 0.5) is 0 Å². The third-order valence-electron chi connectivity index (χ3n) is 3.29. The van der Waals surface area contributed by atoms with E-state index in [1.807, 2.05) is 32.0 Å². The van der Waals surface area contributed by atoms with E-state index in [0.29, 0.717) is 11.4 Å². The van der Waals surface area contributed by atoms with Crippen LogP contribution in [0.1, 0.15) is 42.6 Å². The summed E-state index contributed by atoms with van der Waals surface area (Å²) in [6.45, 7) is 6.02. The second kappa shape index (κ2) is 6.58. The van der Waals surface area contributed by atoms with Gasteiger partial charge in [0.25, 0.3) is 5.91 Å². The van der Waals surface area contributed by atoms with Gasteiger partial charge in [-0.3, -0.25) is 4.79 Å². The molecule has 1 rings (SSSR count). The van der Waals surface area contributed by atoms with Gasteiger partial charge in [0.05, 0.1) is 0 Å². The summed E-state index contributed by atoms with van der Waals surface area (Å²) in [4.78, 5) is 12.3. The molecule has 1 unspecified atom stereocenters. The van der Waals surface area contributed by atoms with Crippen molar-refractivity contribution < 1.29 is 4.79 Å². The van der Waals surface area contributed by atoms with Crippen molar-refractivity contribution in [2.75, 3.05) is 5.88 Å². The predicted octanol–water partition coefficient (Wildman–Crippen LogP) is 4.28. The fourth-order valence-electron chi connectivity index (χ4n) is 1.72. The standard InChI is InChI=1S/C14H19BrClNO/c1-4-14(3,7-8-16)17-13(18)12-9-11(15)6-5-10(12)2/h5-6,9H,4,7-8H2,1-3H3,(H,17,18). The van der Waals surface area contributed by atoms with Gasteiger partial charge in [-0.05, 0) is 44.4 Å². The molecule has 18 heavy (non-hydrogen) atoms. The van der Waals surface area contributed by atoms with Gasteiger partial charge in [0.15, 0.2) is 0 Å². The number of alkyl halides is 1. The molecule has 0 aliphatic rings. The highest BCUT2D eigenvalue weighted by molar-refractivity contribution is 9.10. The summed E-state index contributed by atoms with van der Waals surface area (Å²) < 4.78 is 0.911. The maximum absolute atomic E-state index is 12.3. The van der Waals surface area contributed by atoms with Crippen LogP contribution in [0.25, 0.3) is 0 Å². The lowest BCUT2D eigenvalue weighted by Gasteiger charge is -2.29. The average molecular weight is 333 g/mol. The van der Waals surface area contributed by atoms with Gasteiger partial charge < -0.3 is 5.32 Å². The smallest absolute Gasteiger partial charge is 0.252 e. The number of benzene rings is 1. The van der Waals surface area contributed by atoms with E-state index in [9.17, 15) is 4.79 Å². The maximum atomic E-state index is 12.3. The van der Waals surface area contributed by atoms with Crippen molar-refractivity contribution in [2.45, 2.75) is 39.2 Å². The first-order valence-corrected chi connectivity index (χ1v) is 7.39. The molecule has 1 N–H and O–H groups in total. The molecule has 2 nitrogen and oxygen atoms in total. The molecule has 0 heterocycles. The van der Waals surface area contributed by atoms with E-state index in [1.54, 1.807) is 0 Å². The summed E-state index contributed by atoms with van der Waals surface area (Å²) in [5, 5.41) is 3.08. The lowest BCUT2D eigenvalue weighted by atomic mass is 9.94. The van der Waals surface area contributed by atoms with Crippen molar-refractivity contribution in [2.24, 2.45) is 0 Å². The van der Waals surface area contributed by atoms with Crippen LogP contribution in [0, 0.1) is 6.92 Å². The highest BCUT2D eigenvalue weighted by atomic mass is 79.9. The fourth-order valence-corrected chi connectivity index (χ4v) is 2.49. The van der Waals surface area contributed by atoms with Gasteiger partial charge in [-0.1, -0.05) is 28.9 Å². The van der Waals surface area contributed by atoms with Crippen molar-refractivity contribution in [3.05, 3.63) is 33.8 Å². The van der Waals surface area contributed by atoms with E-state index >= 15 is 0 Å². The molecule has 1 aromatic rings. The summed E-state index contributed by atoms with van der Waals surface area (Å²) in [7, 11) is 0. The molecule has 1 aromatic carbocycles. The second-order valence-corrected chi connectivity index (χ2v) is 6.06. The van der Waals surface area contributed by atoms with Crippen LogP contribution in [0.2, 0.25) is 0 Å². The number of rotatable bonds is 5. The van der Waals surface area contributed by atoms with Crippen LogP contribution in [-0.4, -0.2) is 17.3 Å². The molecule has 1 amide bonds. The molecule has 0 aliphatic heterocycles. The first-order valence-electron chi connectivity index (χ1n) is 6.06. The number of carbonyl (C=O) groups excluding carboxylic acids is 1. The molecule has 4 heteroatoms. The minimum Gasteiger partial charge on any atom is -0.347 e. The molecule has 0 aliphatic carbocycles. The second-order valence-electron chi connectivity index (χ2n) is 4.77. The number of halogens is 2. The highest BCUT2D eigenvalue weighted by Gasteiger charge is 2.24. The molecule has 0 radical (unpaired) electrons. The zero-order valence-corrected chi connectivity index (χ0v) is 13.4. The van der Waals surface area contributed by atoms with Crippen LogP contribution >= 0.6 is 27.5 Å². The lowest BCUT2D eigenvalue weighted by Crippen LogP contribution is -2.46. The molecular formula is C14H19BrClNO. The number of amides is 1. The zero-order valence-electron chi connectivity index (χ0n) is 11.0. The normalized spacial score (nSPS) is 14.1. The molecule has 0 bridgehead atoms. The maximum Gasteiger partial charge on any atom is 0.252 e. The lowest BCUT2D eigenvalue weighted by molar-refractivity contribution is 0.0901. The minimum atomic E-state index is -0.242. The molecule has 0 spiro atoms. The summed E-state index contributed by atoms with van der Waals surface area (Å²) in [5.41, 5.74) is 1.44. The Labute approximate surface area is 122 Å². The van der Waals surface area contributed by atoms with Gasteiger partial charge in [0.1, 0.15) is 0 Å². The molecule has 0 saturated heterocycles. The van der Waals surface area contributed by atoms with Crippen LogP contribution in [0.5, 0.6) is 0 Å². The zero-order chi connectivity index (χ0) is 13.8. The summed E-state index contributed by atoms with van der Waals surface area (Å²) >= 11 is 9.18. The number of aryl methyl sites for hydroxylation is 1. The monoisotopic (exact) mass is 331 g/mol. The number of nitrogens with one attached hydrogen (secondary N) is 1. The number of carbonyl (C=O) groups is 1. The Hall–Kier alpha value is -0.540. The number of hydrogen-bond donors (Lipinski definition) is 1. The Balaban J connectivity index is 2.90. The van der Waals surface area contributed by atoms with Gasteiger partial charge in [-0.25, -0.2) is 0 Å². The Morgan fingerprint density at radius 2 is 2.17 bits per heavy atom. The van der Waals surface area contributed by atoms with Gasteiger partial charge in [-0.2, -0.15) is 0 Å². The van der Waals surface area contributed by atoms with Crippen molar-refractivity contribution in [1.29, 1.82) is 0 Å².